The van der Waals surface area contributed by atoms with E-state index in [4.69, 9.17) is 4.74 Å². The van der Waals surface area contributed by atoms with Gasteiger partial charge >= 0.3 is 11.9 Å². The summed E-state index contributed by atoms with van der Waals surface area (Å²) in [6.07, 6.45) is 1.44. The molecule has 0 aliphatic heterocycles. The minimum absolute atomic E-state index is 0.102. The Labute approximate surface area is 160 Å². The van der Waals surface area contributed by atoms with Gasteiger partial charge in [0.05, 0.1) is 25.0 Å². The lowest BCUT2D eigenvalue weighted by Crippen LogP contribution is -2.09. The van der Waals surface area contributed by atoms with E-state index >= 15 is 0 Å². The minimum Gasteiger partial charge on any atom is -0.510 e. The van der Waals surface area contributed by atoms with Gasteiger partial charge in [-0.15, -0.1) is 5.11 Å². The van der Waals surface area contributed by atoms with Crippen LogP contribution in [-0.4, -0.2) is 45.3 Å². The van der Waals surface area contributed by atoms with Gasteiger partial charge in [-0.05, 0) is 31.5 Å². The number of hydrogen-bond acceptors (Lipinski definition) is 10. The van der Waals surface area contributed by atoms with Crippen LogP contribution < -0.4 is 0 Å². The highest BCUT2D eigenvalue weighted by molar-refractivity contribution is 7.90. The lowest BCUT2D eigenvalue weighted by Gasteiger charge is -2.06. The molecule has 0 fully saturated rings. The monoisotopic (exact) mass is 411 g/mol. The molecule has 1 aromatic rings. The molecule has 0 heterocycles. The van der Waals surface area contributed by atoms with Gasteiger partial charge in [0.25, 0.3) is 16.1 Å². The van der Waals surface area contributed by atoms with Gasteiger partial charge in [0.1, 0.15) is 10.7 Å². The van der Waals surface area contributed by atoms with E-state index in [-0.39, 0.29) is 12.3 Å². The number of hydrogen-bond donors (Lipinski definition) is 1. The minimum atomic E-state index is -4.56. The molecule has 1 rings (SSSR count). The molecule has 0 atom stereocenters. The normalized spacial score (nSPS) is 12.1. The number of carbonyl (C=O) groups is 2. The zero-order chi connectivity index (χ0) is 21.3. The Hall–Kier alpha value is -3.37. The molecule has 0 radical (unpaired) electrons. The maximum absolute atomic E-state index is 12.1. The van der Waals surface area contributed by atoms with Crippen molar-refractivity contribution in [1.29, 1.82) is 0 Å². The highest BCUT2D eigenvalue weighted by Crippen LogP contribution is 2.26. The predicted octanol–water partition coefficient (Wildman–Crippen LogP) is 2.32. The highest BCUT2D eigenvalue weighted by atomic mass is 32.2. The summed E-state index contributed by atoms with van der Waals surface area (Å²) in [5.74, 6) is -2.37. The number of aliphatic hydroxyl groups is 1. The van der Waals surface area contributed by atoms with Crippen molar-refractivity contribution in [2.45, 2.75) is 25.2 Å². The largest absolute Gasteiger partial charge is 0.510 e. The summed E-state index contributed by atoms with van der Waals surface area (Å²) >= 11 is 0. The number of ether oxygens (including phenoxy) is 2. The van der Waals surface area contributed by atoms with Crippen LogP contribution in [0.1, 0.15) is 30.6 Å². The Kier molecular flexibility index (Phi) is 8.17. The van der Waals surface area contributed by atoms with Crippen LogP contribution in [-0.2, 0) is 29.1 Å². The first-order valence-corrected chi connectivity index (χ1v) is 9.17. The van der Waals surface area contributed by atoms with Gasteiger partial charge in [-0.1, -0.05) is 11.3 Å². The zero-order valence-electron chi connectivity index (χ0n) is 15.2. The van der Waals surface area contributed by atoms with E-state index in [1.165, 1.54) is 13.0 Å². The van der Waals surface area contributed by atoms with Crippen LogP contribution in [0.2, 0.25) is 0 Å². The first kappa shape index (κ1) is 22.7. The average Bonchev–Trinajstić information content (AvgIpc) is 2.65. The number of benzene rings is 1. The van der Waals surface area contributed by atoms with Crippen molar-refractivity contribution in [3.63, 3.8) is 0 Å². The third kappa shape index (κ3) is 5.83. The summed E-state index contributed by atoms with van der Waals surface area (Å²) in [4.78, 5) is 33.3. The SMILES string of the molecule is CCCOC(=O)/C(N=Nc1ccc(C(=O)OC)c(S(=O)(=O)N=C=O)c1)=C(\C)O. The van der Waals surface area contributed by atoms with E-state index in [1.54, 1.807) is 6.92 Å². The molecule has 12 heteroatoms. The van der Waals surface area contributed by atoms with Crippen molar-refractivity contribution in [2.75, 3.05) is 13.7 Å². The first-order chi connectivity index (χ1) is 13.2. The summed E-state index contributed by atoms with van der Waals surface area (Å²) in [5.41, 5.74) is -0.993. The van der Waals surface area contributed by atoms with Crippen LogP contribution in [0.15, 0.2) is 49.2 Å². The molecule has 0 bridgehead atoms. The molecule has 1 aromatic carbocycles. The van der Waals surface area contributed by atoms with Crippen LogP contribution >= 0.6 is 0 Å². The summed E-state index contributed by atoms with van der Waals surface area (Å²) in [6, 6.07) is 3.17. The molecule has 0 aliphatic carbocycles. The Morgan fingerprint density at radius 2 is 1.96 bits per heavy atom. The third-order valence-corrected chi connectivity index (χ3v) is 4.25. The van der Waals surface area contributed by atoms with Crippen molar-refractivity contribution in [3.8, 4) is 0 Å². The lowest BCUT2D eigenvalue weighted by atomic mass is 10.2. The van der Waals surface area contributed by atoms with E-state index < -0.39 is 43.9 Å². The van der Waals surface area contributed by atoms with Gasteiger partial charge in [-0.25, -0.2) is 14.4 Å². The fourth-order valence-corrected chi connectivity index (χ4v) is 2.69. The van der Waals surface area contributed by atoms with Crippen molar-refractivity contribution in [1.82, 2.24) is 0 Å². The zero-order valence-corrected chi connectivity index (χ0v) is 16.0. The molecule has 0 aliphatic rings. The van der Waals surface area contributed by atoms with Crippen molar-refractivity contribution < 1.29 is 37.4 Å². The van der Waals surface area contributed by atoms with Crippen LogP contribution in [0.3, 0.4) is 0 Å². The molecule has 150 valence electrons. The number of carbonyl (C=O) groups excluding carboxylic acids is 3. The maximum Gasteiger partial charge on any atom is 0.362 e. The second kappa shape index (κ2) is 10.1. The second-order valence-corrected chi connectivity index (χ2v) is 6.67. The summed E-state index contributed by atoms with van der Waals surface area (Å²) in [5, 5.41) is 16.8. The van der Waals surface area contributed by atoms with E-state index in [2.05, 4.69) is 19.4 Å². The molecule has 0 amide bonds. The van der Waals surface area contributed by atoms with Crippen LogP contribution in [0.4, 0.5) is 5.69 Å². The molecule has 0 saturated carbocycles. The number of nitrogens with zero attached hydrogens (tertiary/aromatic N) is 3. The first-order valence-electron chi connectivity index (χ1n) is 7.73. The fourth-order valence-electron chi connectivity index (χ4n) is 1.80. The van der Waals surface area contributed by atoms with Crippen LogP contribution in [0.5, 0.6) is 0 Å². The van der Waals surface area contributed by atoms with Gasteiger partial charge in [-0.2, -0.15) is 13.5 Å². The molecule has 1 N–H and O–H groups in total. The number of azo groups is 1. The van der Waals surface area contributed by atoms with Crippen molar-refractivity contribution in [3.05, 3.63) is 35.2 Å². The van der Waals surface area contributed by atoms with Crippen LogP contribution in [0.25, 0.3) is 0 Å². The molecule has 0 spiro atoms. The van der Waals surface area contributed by atoms with Gasteiger partial charge in [0.2, 0.25) is 5.70 Å². The number of sulfonamides is 1. The number of aliphatic hydroxyl groups excluding tert-OH is 1. The topological polar surface area (TPSA) is 161 Å². The maximum atomic E-state index is 12.1. The van der Waals surface area contributed by atoms with Crippen molar-refractivity contribution >= 4 is 33.7 Å². The second-order valence-electron chi connectivity index (χ2n) is 5.10. The number of isocyanates is 1. The smallest absolute Gasteiger partial charge is 0.362 e. The molecule has 28 heavy (non-hydrogen) atoms. The van der Waals surface area contributed by atoms with Gasteiger partial charge < -0.3 is 14.6 Å². The van der Waals surface area contributed by atoms with E-state index in [1.807, 2.05) is 0 Å². The number of rotatable bonds is 8. The Balaban J connectivity index is 3.41. The Morgan fingerprint density at radius 1 is 1.29 bits per heavy atom. The summed E-state index contributed by atoms with van der Waals surface area (Å²) in [6.45, 7) is 3.07. The Morgan fingerprint density at radius 3 is 2.50 bits per heavy atom. The summed E-state index contributed by atoms with van der Waals surface area (Å²) < 4.78 is 36.2. The Bertz CT molecular complexity index is 972. The third-order valence-electron chi connectivity index (χ3n) is 3.04. The number of methoxy groups -OCH3 is 1. The average molecular weight is 411 g/mol. The lowest BCUT2D eigenvalue weighted by molar-refractivity contribution is -0.139. The van der Waals surface area contributed by atoms with E-state index in [0.29, 0.717) is 6.42 Å². The molecule has 0 saturated heterocycles. The molecular weight excluding hydrogens is 394 g/mol. The highest BCUT2D eigenvalue weighted by Gasteiger charge is 2.24. The van der Waals surface area contributed by atoms with Gasteiger partial charge in [0, 0.05) is 0 Å². The summed E-state index contributed by atoms with van der Waals surface area (Å²) in [7, 11) is -3.52. The van der Waals surface area contributed by atoms with E-state index in [0.717, 1.165) is 25.3 Å². The fraction of sp³-hybridized carbons (Fsp3) is 0.312. The predicted molar refractivity (Wildman–Crippen MR) is 94.2 cm³/mol. The number of esters is 2. The molecule has 0 aromatic heterocycles. The molecular formula is C16H17N3O8S. The quantitative estimate of drug-likeness (QED) is 0.170. The van der Waals surface area contributed by atoms with Gasteiger partial charge in [-0.3, -0.25) is 0 Å². The van der Waals surface area contributed by atoms with Crippen LogP contribution in [0, 0.1) is 0 Å². The van der Waals surface area contributed by atoms with Crippen molar-refractivity contribution in [2.24, 2.45) is 14.6 Å². The molecule has 0 unspecified atom stereocenters. The van der Waals surface area contributed by atoms with E-state index in [9.17, 15) is 27.9 Å². The standard InChI is InChI=1S/C16H17N3O8S/c1-4-7-27-16(23)14(10(2)21)19-18-11-5-6-12(15(22)26-3)13(8-11)28(24,25)17-9-20/h5-6,8,21H,4,7H2,1-3H3/b14-10-,19-18?. The number of allylic oxidation sites excluding steroid dienone is 1. The molecule has 11 nitrogen and oxygen atoms in total. The van der Waals surface area contributed by atoms with Gasteiger partial charge in [0.15, 0.2) is 0 Å².